The summed E-state index contributed by atoms with van der Waals surface area (Å²) in [5.74, 6) is 12.8. The van der Waals surface area contributed by atoms with Crippen molar-refractivity contribution < 1.29 is 79.2 Å². The van der Waals surface area contributed by atoms with Gasteiger partial charge in [0.25, 0.3) is 0 Å². The average molecular weight is 1790 g/mol. The van der Waals surface area contributed by atoms with Crippen LogP contribution in [0, 0.1) is 172 Å². The molecule has 18 saturated carbocycles. The molecule has 0 spiro atoms. The zero-order valence-corrected chi connectivity index (χ0v) is 81.4. The second-order valence-electron chi connectivity index (χ2n) is 51.8. The molecule has 0 saturated heterocycles. The highest BCUT2D eigenvalue weighted by Crippen LogP contribution is 2.73. The van der Waals surface area contributed by atoms with Crippen LogP contribution in [0.2, 0.25) is 0 Å². The summed E-state index contributed by atoms with van der Waals surface area (Å²) in [5, 5.41) is 84.0. The van der Waals surface area contributed by atoms with E-state index in [0.29, 0.717) is 156 Å². The van der Waals surface area contributed by atoms with E-state index in [1.165, 1.54) is 60.8 Å². The molecular formula is C114H164O16. The molecule has 0 aromatic carbocycles. The first-order chi connectivity index (χ1) is 61.3. The first-order valence-electron chi connectivity index (χ1n) is 53.3. The number of carbonyl (C=O) groups excluding carboxylic acids is 8. The standard InChI is InChI=1S/C19H28O3.C19H26O3.2C19H28O3.C19H28O2.C19H26O2/c2*1-18-7-5-11(20)9-15(18)16(21)10-12-13-3-4-17(22)19(13,2)8-6-14(12)18;1-18-7-5-12(20)9-11(18)3-4-13-14(18)6-8-19(2)16(22)10-15(21)17(13)19;1-18-7-5-12(20)9-11(18)3-4-13-14(18)6-8-19(2)15(13)10-16(21)17(19)22;2*1-18-9-7-13(20)11-12(18)3-4-14-15-5-6-17(21)19(15,2)10-8-16(14)18/h9,12-14,16-17,21-22H,3-8,10H2,1-2H3;9,12-14,16,21H,3-8,10H2,1-2H3;2*9,13-17,21-22H,3-8,10H2,1-2H3;11,14-17,21H,3-10H2,1-2H3;11,14-16H,3-10H2,1-2H3/t12-,13-,14-,16+,17-,18+,19-;12-,13-,14-,16+,18+,19-;13-,14+,15+,16+,17-,18+,19-;13-,14+,15+,16+,17+,18+,19+;14-,15-,16-,17-,18-,19-;14-,15-,16-,18-,19-/m001100/s1. The highest BCUT2D eigenvalue weighted by Gasteiger charge is 2.68. The lowest BCUT2D eigenvalue weighted by atomic mass is 9.47. The molecule has 24 aliphatic carbocycles. The van der Waals surface area contributed by atoms with Gasteiger partial charge in [0.1, 0.15) is 11.6 Å². The molecule has 38 atom stereocenters. The lowest BCUT2D eigenvalue weighted by Crippen LogP contribution is -2.54. The molecule has 0 heterocycles. The molecule has 0 aromatic rings. The minimum Gasteiger partial charge on any atom is -0.393 e. The van der Waals surface area contributed by atoms with E-state index >= 15 is 0 Å². The Morgan fingerprint density at radius 1 is 0.223 bits per heavy atom. The number of ketones is 8. The van der Waals surface area contributed by atoms with E-state index in [1.54, 1.807) is 12.2 Å². The van der Waals surface area contributed by atoms with Crippen LogP contribution in [0.15, 0.2) is 69.9 Å². The first kappa shape index (κ1) is 94.4. The van der Waals surface area contributed by atoms with Crippen LogP contribution in [-0.2, 0) is 38.4 Å². The fourth-order valence-corrected chi connectivity index (χ4v) is 39.0. The number of aliphatic hydroxyl groups excluding tert-OH is 8. The molecule has 0 amide bonds. The van der Waals surface area contributed by atoms with Crippen molar-refractivity contribution in [2.75, 3.05) is 0 Å². The summed E-state index contributed by atoms with van der Waals surface area (Å²) < 4.78 is 0. The van der Waals surface area contributed by atoms with Gasteiger partial charge in [-0.3, -0.25) is 38.4 Å². The number of Topliss-reactive ketones (excluding diaryl/α,β-unsaturated/α-hetero) is 2. The van der Waals surface area contributed by atoms with Gasteiger partial charge >= 0.3 is 0 Å². The molecule has 16 nitrogen and oxygen atoms in total. The maximum absolute atomic E-state index is 12.4. The van der Waals surface area contributed by atoms with Crippen molar-refractivity contribution in [3.8, 4) is 0 Å². The summed E-state index contributed by atoms with van der Waals surface area (Å²) in [4.78, 5) is 95.5. The fraction of sp³-hybridized carbons (Fsp3) is 0.825. The molecule has 0 aliphatic heterocycles. The highest BCUT2D eigenvalue weighted by molar-refractivity contribution is 5.95. The van der Waals surface area contributed by atoms with Gasteiger partial charge in [-0.1, -0.05) is 105 Å². The van der Waals surface area contributed by atoms with E-state index in [1.807, 2.05) is 24.3 Å². The second-order valence-corrected chi connectivity index (χ2v) is 51.8. The van der Waals surface area contributed by atoms with Gasteiger partial charge in [0.2, 0.25) is 0 Å². The van der Waals surface area contributed by atoms with Crippen LogP contribution in [0.5, 0.6) is 0 Å². The Bertz CT molecular complexity index is 4740. The van der Waals surface area contributed by atoms with Gasteiger partial charge in [-0.25, -0.2) is 0 Å². The van der Waals surface area contributed by atoms with Gasteiger partial charge in [0.05, 0.1) is 48.8 Å². The van der Waals surface area contributed by atoms with Crippen LogP contribution < -0.4 is 0 Å². The van der Waals surface area contributed by atoms with Crippen molar-refractivity contribution in [3.63, 3.8) is 0 Å². The number of aliphatic hydroxyl groups is 8. The number of hydrogen-bond acceptors (Lipinski definition) is 16. The van der Waals surface area contributed by atoms with E-state index < -0.39 is 24.4 Å². The molecule has 0 radical (unpaired) electrons. The number of fused-ring (bicyclic) bond motifs is 30. The molecule has 24 rings (SSSR count). The Hall–Kier alpha value is -4.52. The van der Waals surface area contributed by atoms with Gasteiger partial charge in [0, 0.05) is 68.6 Å². The van der Waals surface area contributed by atoms with Crippen LogP contribution >= 0.6 is 0 Å². The van der Waals surface area contributed by atoms with Crippen LogP contribution in [0.3, 0.4) is 0 Å². The van der Waals surface area contributed by atoms with Crippen LogP contribution in [0.1, 0.15) is 366 Å². The molecular weight excluding hydrogens is 1630 g/mol. The summed E-state index contributed by atoms with van der Waals surface area (Å²) in [5.41, 5.74) is 8.21. The Labute approximate surface area is 776 Å². The summed E-state index contributed by atoms with van der Waals surface area (Å²) in [7, 11) is 0. The number of rotatable bonds is 0. The van der Waals surface area contributed by atoms with E-state index in [4.69, 9.17) is 0 Å². The third-order valence-corrected chi connectivity index (χ3v) is 47.0. The van der Waals surface area contributed by atoms with Gasteiger partial charge in [-0.05, 0) is 433 Å². The average Bonchev–Trinajstić information content (AvgIpc) is 1.52. The van der Waals surface area contributed by atoms with Crippen LogP contribution in [0.4, 0.5) is 0 Å². The molecule has 716 valence electrons. The van der Waals surface area contributed by atoms with Crippen molar-refractivity contribution in [1.29, 1.82) is 0 Å². The Morgan fingerprint density at radius 2 is 0.523 bits per heavy atom. The fourth-order valence-electron chi connectivity index (χ4n) is 39.0. The summed E-state index contributed by atoms with van der Waals surface area (Å²) >= 11 is 0. The Kier molecular flexibility index (Phi) is 24.5. The van der Waals surface area contributed by atoms with Crippen molar-refractivity contribution in [2.45, 2.75) is 414 Å². The van der Waals surface area contributed by atoms with E-state index in [-0.39, 0.29) is 107 Å². The first-order valence-corrected chi connectivity index (χ1v) is 53.3. The van der Waals surface area contributed by atoms with Crippen molar-refractivity contribution in [1.82, 2.24) is 0 Å². The maximum atomic E-state index is 12.4. The quantitative estimate of drug-likeness (QED) is 0.112. The number of hydrogen-bond donors (Lipinski definition) is 8. The molecule has 130 heavy (non-hydrogen) atoms. The number of carbonyl (C=O) groups is 8. The summed E-state index contributed by atoms with van der Waals surface area (Å²) in [6.07, 6.45) is 51.0. The van der Waals surface area contributed by atoms with E-state index in [0.717, 1.165) is 235 Å². The predicted molar refractivity (Wildman–Crippen MR) is 500 cm³/mol. The maximum Gasteiger partial charge on any atom is 0.155 e. The molecule has 8 N–H and O–H groups in total. The molecule has 24 aliphatic rings. The molecule has 0 bridgehead atoms. The lowest BCUT2D eigenvalue weighted by molar-refractivity contribution is -0.135. The van der Waals surface area contributed by atoms with E-state index in [9.17, 15) is 79.2 Å². The molecule has 16 heteroatoms. The Balaban J connectivity index is 0.000000101. The smallest absolute Gasteiger partial charge is 0.155 e. The van der Waals surface area contributed by atoms with Gasteiger partial charge in [-0.2, -0.15) is 0 Å². The summed E-state index contributed by atoms with van der Waals surface area (Å²) in [6, 6.07) is 0. The van der Waals surface area contributed by atoms with Gasteiger partial charge in [-0.15, -0.1) is 0 Å². The molecule has 18 fully saturated rings. The SMILES string of the molecule is C[C@]12CCC(=O)C=C1CC[C@@H]1[C@@H]2CC[C@]2(C)C(=O)CC[C@@H]12.C[C@]12CCC(=O)C=C1[C@H](O)C[C@@H]1[C@@H]2CC[C@]2(C)C(=O)CC[C@@H]12.C[C@]12CC[C@H]3[C@@H](CCC4=CC(=O)CC[C@@]43C)[C@@H]1CC[C@@H]2O.C[C@]12CC[C@H]3[C@@H](CCC4=CC(=O)CC[C@@]43C)[C@@H]1C[C@H](O)[C@@H]2O.C[C@]12CC[C@H]3[C@@H](CCC4=CC(=O)CC[C@@]43C)[C@@H]1[C@@H](O)C[C@@H]2O.C[C@]12CC[C@H]3[C@@H](C[C@@H](O)C4=CC(=O)CC[C@@]43C)[C@@H]1CC[C@@H]2O. The van der Waals surface area contributed by atoms with E-state index in [2.05, 4.69) is 83.1 Å². The zero-order valence-electron chi connectivity index (χ0n) is 81.4. The van der Waals surface area contributed by atoms with Crippen LogP contribution in [0.25, 0.3) is 0 Å². The van der Waals surface area contributed by atoms with Crippen molar-refractivity contribution in [3.05, 3.63) is 69.9 Å². The minimum atomic E-state index is -0.559. The van der Waals surface area contributed by atoms with Crippen molar-refractivity contribution >= 4 is 46.3 Å². The minimum absolute atomic E-state index is 0.00881. The van der Waals surface area contributed by atoms with Gasteiger partial charge in [0.15, 0.2) is 34.7 Å². The molecule has 0 unspecified atom stereocenters. The largest absolute Gasteiger partial charge is 0.393 e. The van der Waals surface area contributed by atoms with Crippen LogP contribution in [-0.4, -0.2) is 136 Å². The van der Waals surface area contributed by atoms with Gasteiger partial charge < -0.3 is 40.9 Å². The van der Waals surface area contributed by atoms with Crippen molar-refractivity contribution in [2.24, 2.45) is 172 Å². The normalized spacial score (nSPS) is 52.6. The highest BCUT2D eigenvalue weighted by atomic mass is 16.3. The third-order valence-electron chi connectivity index (χ3n) is 47.0. The number of allylic oxidation sites excluding steroid dienone is 4. The lowest BCUT2D eigenvalue weighted by Gasteiger charge is -2.58. The Morgan fingerprint density at radius 3 is 0.931 bits per heavy atom. The zero-order chi connectivity index (χ0) is 92.4. The third kappa shape index (κ3) is 14.7. The predicted octanol–water partition coefficient (Wildman–Crippen LogP) is 19.6. The monoisotopic (exact) mass is 1790 g/mol. The molecule has 0 aromatic heterocycles. The second kappa shape index (κ2) is 33.7. The summed E-state index contributed by atoms with van der Waals surface area (Å²) in [6.45, 7) is 27.4. The topological polar surface area (TPSA) is 298 Å².